The van der Waals surface area contributed by atoms with Crippen LogP contribution in [0.15, 0.2) is 0 Å². The van der Waals surface area contributed by atoms with E-state index in [0.717, 1.165) is 0 Å². The molecule has 1 heterocycles. The molecule has 0 saturated carbocycles. The van der Waals surface area contributed by atoms with Crippen LogP contribution in [0, 0.1) is 4.64 Å². The summed E-state index contributed by atoms with van der Waals surface area (Å²) in [6.07, 6.45) is 0.106. The molecule has 60 valence electrons. The first-order valence-electron chi connectivity index (χ1n) is 2.92. The van der Waals surface area contributed by atoms with Crippen molar-refractivity contribution in [3.63, 3.8) is 0 Å². The van der Waals surface area contributed by atoms with Gasteiger partial charge in [-0.3, -0.25) is 9.89 Å². The van der Waals surface area contributed by atoms with E-state index in [2.05, 4.69) is 20.1 Å². The second kappa shape index (κ2) is 5.47. The van der Waals surface area contributed by atoms with Gasteiger partial charge in [0.2, 0.25) is 0 Å². The molecule has 2 N–H and O–H groups in total. The van der Waals surface area contributed by atoms with E-state index in [4.69, 9.17) is 12.2 Å². The summed E-state index contributed by atoms with van der Waals surface area (Å²) in [5, 5.41) is 8.73. The molecule has 0 fully saturated rings. The van der Waals surface area contributed by atoms with Crippen LogP contribution in [0.25, 0.3) is 0 Å². The molecule has 0 spiro atoms. The van der Waals surface area contributed by atoms with E-state index >= 15 is 0 Å². The van der Waals surface area contributed by atoms with Gasteiger partial charge in [0.25, 0.3) is 0 Å². The molecule has 7 heteroatoms. The first-order chi connectivity index (χ1) is 5.24. The average Bonchev–Trinajstić information content (AvgIpc) is 2.37. The number of carbonyl (C=O) groups is 1. The number of nitrogens with zero attached hydrogens (tertiary/aromatic N) is 1. The van der Waals surface area contributed by atoms with E-state index in [0.29, 0.717) is 10.3 Å². The smallest absolute Gasteiger partial charge is 0.469 e. The van der Waals surface area contributed by atoms with Gasteiger partial charge in [0, 0.05) is 0 Å². The standard InChI is InChI=1S/C5H7N3O2S.Na/c1-10-4(9)2-3-5(11)7-8-6-3;/h2H2,1H3,(H2,6,7,8,11);/q;+1. The Bertz CT molecular complexity index is 308. The predicted octanol–water partition coefficient (Wildman–Crippen LogP) is -2.81. The van der Waals surface area contributed by atoms with Crippen molar-refractivity contribution in [1.82, 2.24) is 15.4 Å². The number of ether oxygens (including phenoxy) is 1. The minimum Gasteiger partial charge on any atom is -0.469 e. The third kappa shape index (κ3) is 3.06. The SMILES string of the molecule is COC(=O)Cc1n[nH][nH]c1=S.[Na+]. The average molecular weight is 196 g/mol. The molecule has 1 rings (SSSR count). The van der Waals surface area contributed by atoms with Gasteiger partial charge in [-0.05, 0) is 0 Å². The summed E-state index contributed by atoms with van der Waals surface area (Å²) in [6, 6.07) is 0. The number of methoxy groups -OCH3 is 1. The van der Waals surface area contributed by atoms with Crippen LogP contribution < -0.4 is 29.6 Å². The topological polar surface area (TPSA) is 70.8 Å². The van der Waals surface area contributed by atoms with E-state index in [1.54, 1.807) is 0 Å². The Hall–Kier alpha value is -0.170. The number of carbonyl (C=O) groups excluding carboxylic acids is 1. The molecule has 0 radical (unpaired) electrons. The minimum absolute atomic E-state index is 0. The molecule has 0 unspecified atom stereocenters. The zero-order chi connectivity index (χ0) is 8.27. The van der Waals surface area contributed by atoms with Gasteiger partial charge in [-0.15, -0.1) is 0 Å². The van der Waals surface area contributed by atoms with E-state index < -0.39 is 0 Å². The van der Waals surface area contributed by atoms with E-state index in [9.17, 15) is 4.79 Å². The van der Waals surface area contributed by atoms with Crippen molar-refractivity contribution < 1.29 is 39.1 Å². The van der Waals surface area contributed by atoms with Gasteiger partial charge in [-0.1, -0.05) is 12.2 Å². The molecule has 0 aromatic carbocycles. The zero-order valence-corrected chi connectivity index (χ0v) is 9.70. The molecular weight excluding hydrogens is 189 g/mol. The van der Waals surface area contributed by atoms with Crippen molar-refractivity contribution in [2.75, 3.05) is 7.11 Å². The Morgan fingerprint density at radius 1 is 1.75 bits per heavy atom. The van der Waals surface area contributed by atoms with Crippen molar-refractivity contribution in [3.05, 3.63) is 10.3 Å². The third-order valence-corrected chi connectivity index (χ3v) is 1.50. The van der Waals surface area contributed by atoms with E-state index in [1.807, 2.05) is 0 Å². The summed E-state index contributed by atoms with van der Waals surface area (Å²) >= 11 is 4.79. The van der Waals surface area contributed by atoms with Gasteiger partial charge in [0.15, 0.2) is 0 Å². The van der Waals surface area contributed by atoms with Gasteiger partial charge in [-0.25, -0.2) is 5.21 Å². The quantitative estimate of drug-likeness (QED) is 0.304. The fraction of sp³-hybridized carbons (Fsp3) is 0.400. The molecule has 1 aromatic heterocycles. The molecule has 0 aliphatic heterocycles. The van der Waals surface area contributed by atoms with Gasteiger partial charge in [0.1, 0.15) is 10.3 Å². The molecule has 0 atom stereocenters. The number of esters is 1. The minimum atomic E-state index is -0.350. The number of aromatic nitrogens is 3. The Morgan fingerprint density at radius 2 is 2.42 bits per heavy atom. The van der Waals surface area contributed by atoms with Crippen LogP contribution in [0.3, 0.4) is 0 Å². The summed E-state index contributed by atoms with van der Waals surface area (Å²) in [5.74, 6) is -0.350. The summed E-state index contributed by atoms with van der Waals surface area (Å²) < 4.78 is 4.87. The Kier molecular flexibility index (Phi) is 5.39. The number of rotatable bonds is 2. The Labute approximate surface area is 96.2 Å². The molecule has 0 bridgehead atoms. The van der Waals surface area contributed by atoms with Crippen molar-refractivity contribution >= 4 is 18.2 Å². The molecule has 12 heavy (non-hydrogen) atoms. The second-order valence-corrected chi connectivity index (χ2v) is 2.29. The number of aromatic amines is 2. The van der Waals surface area contributed by atoms with E-state index in [-0.39, 0.29) is 41.9 Å². The second-order valence-electron chi connectivity index (χ2n) is 1.88. The maximum absolute atomic E-state index is 10.7. The normalized spacial score (nSPS) is 8.75. The maximum atomic E-state index is 10.7. The van der Waals surface area contributed by atoms with Crippen LogP contribution in [0.2, 0.25) is 0 Å². The number of nitrogens with one attached hydrogen (secondary N) is 2. The third-order valence-electron chi connectivity index (χ3n) is 1.16. The molecule has 0 aliphatic rings. The molecule has 5 nitrogen and oxygen atoms in total. The van der Waals surface area contributed by atoms with Gasteiger partial charge in [0.05, 0.1) is 13.5 Å². The van der Waals surface area contributed by atoms with Crippen LogP contribution in [0.5, 0.6) is 0 Å². The molecule has 0 amide bonds. The number of hydrogen-bond donors (Lipinski definition) is 2. The summed E-state index contributed by atoms with van der Waals surface area (Å²) in [4.78, 5) is 10.7. The molecule has 0 saturated heterocycles. The van der Waals surface area contributed by atoms with Gasteiger partial charge >= 0.3 is 35.5 Å². The maximum Gasteiger partial charge on any atom is 1.00 e. The largest absolute Gasteiger partial charge is 1.00 e. The van der Waals surface area contributed by atoms with Crippen LogP contribution in [-0.2, 0) is 16.0 Å². The van der Waals surface area contributed by atoms with Gasteiger partial charge < -0.3 is 4.74 Å². The fourth-order valence-corrected chi connectivity index (χ4v) is 0.761. The van der Waals surface area contributed by atoms with Crippen molar-refractivity contribution in [1.29, 1.82) is 0 Å². The summed E-state index contributed by atoms with van der Waals surface area (Å²) in [5.41, 5.74) is 0.506. The van der Waals surface area contributed by atoms with Crippen molar-refractivity contribution in [2.45, 2.75) is 6.42 Å². The van der Waals surface area contributed by atoms with Crippen LogP contribution >= 0.6 is 12.2 Å². The Morgan fingerprint density at radius 3 is 2.83 bits per heavy atom. The van der Waals surface area contributed by atoms with E-state index in [1.165, 1.54) is 7.11 Å². The van der Waals surface area contributed by atoms with Gasteiger partial charge in [-0.2, -0.15) is 5.10 Å². The summed E-state index contributed by atoms with van der Waals surface area (Å²) in [6.45, 7) is 0. The monoisotopic (exact) mass is 196 g/mol. The summed E-state index contributed by atoms with van der Waals surface area (Å²) in [7, 11) is 1.32. The number of H-pyrrole nitrogens is 2. The van der Waals surface area contributed by atoms with Crippen LogP contribution in [-0.4, -0.2) is 28.5 Å². The van der Waals surface area contributed by atoms with Crippen LogP contribution in [0.1, 0.15) is 5.69 Å². The predicted molar refractivity (Wildman–Crippen MR) is 39.5 cm³/mol. The first kappa shape index (κ1) is 11.8. The van der Waals surface area contributed by atoms with Crippen LogP contribution in [0.4, 0.5) is 0 Å². The molecular formula is C5H7N3NaO2S+. The first-order valence-corrected chi connectivity index (χ1v) is 3.33. The van der Waals surface area contributed by atoms with Crippen molar-refractivity contribution in [2.24, 2.45) is 0 Å². The fourth-order valence-electron chi connectivity index (χ4n) is 0.598. The molecule has 1 aromatic rings. The Balaban J connectivity index is 0.00000121. The number of hydrogen-bond acceptors (Lipinski definition) is 4. The zero-order valence-electron chi connectivity index (χ0n) is 6.88. The van der Waals surface area contributed by atoms with Crippen molar-refractivity contribution in [3.8, 4) is 0 Å². The molecule has 0 aliphatic carbocycles.